The molecule has 1 amide bonds. The maximum Gasteiger partial charge on any atom is 0.407 e. The number of aromatic nitrogens is 2. The number of amides is 1. The van der Waals surface area contributed by atoms with Crippen LogP contribution >= 0.6 is 0 Å². The molecule has 2 aromatic heterocycles. The Morgan fingerprint density at radius 1 is 1.12 bits per heavy atom. The van der Waals surface area contributed by atoms with Crippen LogP contribution in [0.2, 0.25) is 0 Å². The number of nitrogens with one attached hydrogen (secondary N) is 1. The van der Waals surface area contributed by atoms with E-state index in [4.69, 9.17) is 9.72 Å². The zero-order valence-corrected chi connectivity index (χ0v) is 15.9. The fourth-order valence-corrected chi connectivity index (χ4v) is 2.70. The van der Waals surface area contributed by atoms with E-state index in [1.165, 1.54) is 11.4 Å². The number of alkyl carbamates (subject to hydrolysis) is 1. The van der Waals surface area contributed by atoms with Crippen molar-refractivity contribution in [2.75, 3.05) is 6.54 Å². The first-order chi connectivity index (χ1) is 11.8. The molecule has 25 heavy (non-hydrogen) atoms. The van der Waals surface area contributed by atoms with Crippen molar-refractivity contribution in [2.45, 2.75) is 59.5 Å². The van der Waals surface area contributed by atoms with Crippen molar-refractivity contribution in [3.8, 4) is 5.82 Å². The third kappa shape index (κ3) is 5.93. The number of hydrogen-bond donors (Lipinski definition) is 1. The Morgan fingerprint density at radius 3 is 2.44 bits per heavy atom. The average molecular weight is 343 g/mol. The fourth-order valence-electron chi connectivity index (χ4n) is 2.70. The molecule has 136 valence electrons. The molecule has 0 aliphatic heterocycles. The van der Waals surface area contributed by atoms with Crippen molar-refractivity contribution in [1.82, 2.24) is 14.9 Å². The minimum atomic E-state index is -0.455. The van der Waals surface area contributed by atoms with E-state index in [1.54, 1.807) is 0 Å². The second-order valence-electron chi connectivity index (χ2n) is 7.32. The van der Waals surface area contributed by atoms with Crippen molar-refractivity contribution in [2.24, 2.45) is 0 Å². The summed E-state index contributed by atoms with van der Waals surface area (Å²) < 4.78 is 7.38. The van der Waals surface area contributed by atoms with E-state index in [-0.39, 0.29) is 6.09 Å². The first-order valence-corrected chi connectivity index (χ1v) is 8.84. The largest absolute Gasteiger partial charge is 0.444 e. The third-order valence-corrected chi connectivity index (χ3v) is 3.82. The zero-order valence-electron chi connectivity index (χ0n) is 15.9. The highest BCUT2D eigenvalue weighted by molar-refractivity contribution is 5.67. The maximum absolute atomic E-state index is 11.6. The highest BCUT2D eigenvalue weighted by Crippen LogP contribution is 2.15. The van der Waals surface area contributed by atoms with E-state index in [0.717, 1.165) is 30.8 Å². The topological polar surface area (TPSA) is 56.2 Å². The molecule has 0 spiro atoms. The highest BCUT2D eigenvalue weighted by Gasteiger charge is 2.15. The lowest BCUT2D eigenvalue weighted by Gasteiger charge is -2.19. The van der Waals surface area contributed by atoms with Crippen LogP contribution in [0.5, 0.6) is 0 Å². The van der Waals surface area contributed by atoms with Crippen molar-refractivity contribution >= 4 is 6.09 Å². The molecule has 0 fully saturated rings. The van der Waals surface area contributed by atoms with Crippen molar-refractivity contribution in [3.63, 3.8) is 0 Å². The van der Waals surface area contributed by atoms with Crippen molar-refractivity contribution < 1.29 is 9.53 Å². The minimum absolute atomic E-state index is 0.355. The van der Waals surface area contributed by atoms with Crippen LogP contribution in [0.15, 0.2) is 30.3 Å². The molecule has 0 unspecified atom stereocenters. The molecule has 5 nitrogen and oxygen atoms in total. The number of aryl methyl sites for hydroxylation is 3. The summed E-state index contributed by atoms with van der Waals surface area (Å²) >= 11 is 0. The number of pyridine rings is 1. The Morgan fingerprint density at radius 2 is 1.80 bits per heavy atom. The number of carbonyl (C=O) groups is 1. The number of ether oxygens (including phenoxy) is 1. The molecule has 2 heterocycles. The SMILES string of the molecule is Cc1ccc(C)n1-c1cccc(CCCCNC(=O)OC(C)(C)C)n1. The summed E-state index contributed by atoms with van der Waals surface area (Å²) in [6.07, 6.45) is 2.40. The van der Waals surface area contributed by atoms with Crippen molar-refractivity contribution in [3.05, 3.63) is 47.4 Å². The molecule has 0 radical (unpaired) electrons. The standard InChI is InChI=1S/C20H29N3O2/c1-15-12-13-16(2)23(15)18-11-8-10-17(22-18)9-6-7-14-21-19(24)25-20(3,4)5/h8,10-13H,6-7,9,14H2,1-5H3,(H,21,24). The lowest BCUT2D eigenvalue weighted by atomic mass is 10.2. The normalized spacial score (nSPS) is 11.4. The zero-order chi connectivity index (χ0) is 18.4. The van der Waals surface area contributed by atoms with Crippen LogP contribution in [0.3, 0.4) is 0 Å². The monoisotopic (exact) mass is 343 g/mol. The van der Waals surface area contributed by atoms with E-state index in [1.807, 2.05) is 26.8 Å². The van der Waals surface area contributed by atoms with Gasteiger partial charge in [0.15, 0.2) is 0 Å². The summed E-state index contributed by atoms with van der Waals surface area (Å²) in [5.41, 5.74) is 2.98. The molecule has 0 bridgehead atoms. The summed E-state index contributed by atoms with van der Waals surface area (Å²) in [4.78, 5) is 16.4. The predicted molar refractivity (Wildman–Crippen MR) is 100 cm³/mol. The van der Waals surface area contributed by atoms with Crippen LogP contribution in [0.4, 0.5) is 4.79 Å². The van der Waals surface area contributed by atoms with Gasteiger partial charge in [-0.2, -0.15) is 0 Å². The van der Waals surface area contributed by atoms with Crippen LogP contribution in [-0.4, -0.2) is 27.8 Å². The van der Waals surface area contributed by atoms with Crippen LogP contribution in [0.25, 0.3) is 5.82 Å². The van der Waals surface area contributed by atoms with Gasteiger partial charge in [-0.1, -0.05) is 6.07 Å². The van der Waals surface area contributed by atoms with Gasteiger partial charge in [0.05, 0.1) is 0 Å². The van der Waals surface area contributed by atoms with Gasteiger partial charge in [0, 0.05) is 23.6 Å². The van der Waals surface area contributed by atoms with Gasteiger partial charge in [0.1, 0.15) is 11.4 Å². The number of carbonyl (C=O) groups excluding carboxylic acids is 1. The fraction of sp³-hybridized carbons (Fsp3) is 0.500. The molecule has 0 saturated heterocycles. The van der Waals surface area contributed by atoms with Gasteiger partial charge in [-0.05, 0) is 78.1 Å². The van der Waals surface area contributed by atoms with E-state index >= 15 is 0 Å². The molecule has 0 atom stereocenters. The summed E-state index contributed by atoms with van der Waals surface area (Å²) in [5, 5.41) is 2.79. The van der Waals surface area contributed by atoms with Crippen molar-refractivity contribution in [1.29, 1.82) is 0 Å². The number of unbranched alkanes of at least 4 members (excludes halogenated alkanes) is 1. The summed E-state index contributed by atoms with van der Waals surface area (Å²) in [6.45, 7) is 10.4. The Bertz CT molecular complexity index is 694. The molecule has 0 aliphatic rings. The van der Waals surface area contributed by atoms with E-state index in [2.05, 4.69) is 48.0 Å². The Kier molecular flexibility index (Phi) is 6.23. The van der Waals surface area contributed by atoms with Gasteiger partial charge >= 0.3 is 6.09 Å². The molecular formula is C20H29N3O2. The molecule has 5 heteroatoms. The summed E-state index contributed by atoms with van der Waals surface area (Å²) in [5.74, 6) is 0.962. The highest BCUT2D eigenvalue weighted by atomic mass is 16.6. The first-order valence-electron chi connectivity index (χ1n) is 8.84. The van der Waals surface area contributed by atoms with Crippen LogP contribution in [0.1, 0.15) is 50.7 Å². The molecule has 0 saturated carbocycles. The summed E-state index contributed by atoms with van der Waals surface area (Å²) in [7, 11) is 0. The maximum atomic E-state index is 11.6. The van der Waals surface area contributed by atoms with Gasteiger partial charge in [-0.15, -0.1) is 0 Å². The van der Waals surface area contributed by atoms with Gasteiger partial charge in [0.2, 0.25) is 0 Å². The van der Waals surface area contributed by atoms with E-state index < -0.39 is 5.60 Å². The molecular weight excluding hydrogens is 314 g/mol. The third-order valence-electron chi connectivity index (χ3n) is 3.82. The van der Waals surface area contributed by atoms with E-state index in [9.17, 15) is 4.79 Å². The molecule has 0 aromatic carbocycles. The van der Waals surface area contributed by atoms with Crippen LogP contribution in [-0.2, 0) is 11.2 Å². The first kappa shape index (κ1) is 19.0. The number of rotatable bonds is 6. The molecule has 1 N–H and O–H groups in total. The summed E-state index contributed by atoms with van der Waals surface area (Å²) in [6, 6.07) is 10.3. The van der Waals surface area contributed by atoms with E-state index in [0.29, 0.717) is 6.54 Å². The minimum Gasteiger partial charge on any atom is -0.444 e. The Labute approximate surface area is 150 Å². The Balaban J connectivity index is 1.81. The predicted octanol–water partition coefficient (Wildman–Crippen LogP) is 4.34. The molecule has 0 aliphatic carbocycles. The molecule has 2 aromatic rings. The number of hydrogen-bond acceptors (Lipinski definition) is 3. The lowest BCUT2D eigenvalue weighted by molar-refractivity contribution is 0.0527. The Hall–Kier alpha value is -2.30. The number of nitrogens with zero attached hydrogens (tertiary/aromatic N) is 2. The second kappa shape index (κ2) is 8.19. The van der Waals surface area contributed by atoms with Gasteiger partial charge < -0.3 is 14.6 Å². The van der Waals surface area contributed by atoms with Crippen LogP contribution < -0.4 is 5.32 Å². The lowest BCUT2D eigenvalue weighted by Crippen LogP contribution is -2.33. The smallest absolute Gasteiger partial charge is 0.407 e. The average Bonchev–Trinajstić information content (AvgIpc) is 2.84. The molecule has 2 rings (SSSR count). The van der Waals surface area contributed by atoms with Gasteiger partial charge in [-0.3, -0.25) is 0 Å². The second-order valence-corrected chi connectivity index (χ2v) is 7.32. The van der Waals surface area contributed by atoms with Gasteiger partial charge in [0.25, 0.3) is 0 Å². The quantitative estimate of drug-likeness (QED) is 0.794. The van der Waals surface area contributed by atoms with Gasteiger partial charge in [-0.25, -0.2) is 9.78 Å². The van der Waals surface area contributed by atoms with Crippen LogP contribution in [0, 0.1) is 13.8 Å².